The van der Waals surface area contributed by atoms with Gasteiger partial charge in [-0.2, -0.15) is 0 Å². The lowest BCUT2D eigenvalue weighted by molar-refractivity contribution is -0.151. The van der Waals surface area contributed by atoms with Gasteiger partial charge in [-0.05, 0) is 90.5 Å². The standard InChI is InChI=1S/C29H34O4/c1-5-18-11-19(6-2)14-24(13-18)32-28(30)26-22-9-10-23(17-22)27(26)29(31)33-25-15-20(7-3)12-21(8-4)16-25/h9-16,22-23,26-27H,5-8,17H2,1-4H3. The number of hydrogen-bond acceptors (Lipinski definition) is 4. The molecular formula is C29H34O4. The molecule has 4 nitrogen and oxygen atoms in total. The molecule has 4 unspecified atom stereocenters. The van der Waals surface area contributed by atoms with Crippen LogP contribution in [0, 0.1) is 23.7 Å². The molecule has 2 aliphatic carbocycles. The Labute approximate surface area is 197 Å². The topological polar surface area (TPSA) is 52.6 Å². The van der Waals surface area contributed by atoms with Crippen molar-refractivity contribution in [2.24, 2.45) is 23.7 Å². The quantitative estimate of drug-likeness (QED) is 0.288. The van der Waals surface area contributed by atoms with Crippen LogP contribution >= 0.6 is 0 Å². The third-order valence-electron chi connectivity index (χ3n) is 7.13. The van der Waals surface area contributed by atoms with Crippen LogP contribution in [-0.4, -0.2) is 11.9 Å². The van der Waals surface area contributed by atoms with Crippen molar-refractivity contribution in [3.63, 3.8) is 0 Å². The number of carbonyl (C=O) groups excluding carboxylic acids is 2. The fraction of sp³-hybridized carbons (Fsp3) is 0.448. The molecule has 0 spiro atoms. The van der Waals surface area contributed by atoms with Gasteiger partial charge in [-0.1, -0.05) is 52.0 Å². The van der Waals surface area contributed by atoms with Crippen molar-refractivity contribution >= 4 is 11.9 Å². The third kappa shape index (κ3) is 4.90. The minimum absolute atomic E-state index is 0.0215. The molecule has 0 radical (unpaired) electrons. The van der Waals surface area contributed by atoms with Gasteiger partial charge in [-0.25, -0.2) is 0 Å². The van der Waals surface area contributed by atoms with Gasteiger partial charge < -0.3 is 9.47 Å². The van der Waals surface area contributed by atoms with E-state index in [0.29, 0.717) is 11.5 Å². The molecule has 2 aromatic rings. The Morgan fingerprint density at radius 3 is 1.27 bits per heavy atom. The molecule has 0 N–H and O–H groups in total. The van der Waals surface area contributed by atoms with Gasteiger partial charge in [0.05, 0.1) is 11.8 Å². The predicted molar refractivity (Wildman–Crippen MR) is 129 cm³/mol. The summed E-state index contributed by atoms with van der Waals surface area (Å²) in [6, 6.07) is 12.0. The first-order valence-corrected chi connectivity index (χ1v) is 12.3. The maximum atomic E-state index is 13.3. The van der Waals surface area contributed by atoms with Crippen LogP contribution in [-0.2, 0) is 35.3 Å². The molecule has 174 valence electrons. The zero-order chi connectivity index (χ0) is 23.5. The summed E-state index contributed by atoms with van der Waals surface area (Å²) in [7, 11) is 0. The fourth-order valence-electron chi connectivity index (χ4n) is 5.22. The maximum Gasteiger partial charge on any atom is 0.315 e. The van der Waals surface area contributed by atoms with Crippen LogP contribution in [0.3, 0.4) is 0 Å². The Balaban J connectivity index is 1.54. The Morgan fingerprint density at radius 1 is 0.636 bits per heavy atom. The number of benzene rings is 2. The lowest BCUT2D eigenvalue weighted by Crippen LogP contribution is -2.37. The number of fused-ring (bicyclic) bond motifs is 2. The molecule has 1 saturated carbocycles. The highest BCUT2D eigenvalue weighted by molar-refractivity contribution is 5.86. The van der Waals surface area contributed by atoms with Crippen LogP contribution in [0.4, 0.5) is 0 Å². The normalized spacial score (nSPS) is 23.0. The molecule has 2 aliphatic rings. The smallest absolute Gasteiger partial charge is 0.315 e. The van der Waals surface area contributed by atoms with E-state index in [-0.39, 0.29) is 23.8 Å². The van der Waals surface area contributed by atoms with Gasteiger partial charge in [-0.3, -0.25) is 9.59 Å². The van der Waals surface area contributed by atoms with Crippen molar-refractivity contribution < 1.29 is 19.1 Å². The highest BCUT2D eigenvalue weighted by Gasteiger charge is 2.53. The number of carbonyl (C=O) groups is 2. The lowest BCUT2D eigenvalue weighted by Gasteiger charge is -2.25. The third-order valence-corrected chi connectivity index (χ3v) is 7.13. The predicted octanol–water partition coefficient (Wildman–Crippen LogP) is 5.89. The van der Waals surface area contributed by atoms with Crippen LogP contribution < -0.4 is 9.47 Å². The molecule has 2 bridgehead atoms. The van der Waals surface area contributed by atoms with E-state index >= 15 is 0 Å². The zero-order valence-electron chi connectivity index (χ0n) is 20.1. The lowest BCUT2D eigenvalue weighted by atomic mass is 9.83. The van der Waals surface area contributed by atoms with Crippen LogP contribution in [0.5, 0.6) is 11.5 Å². The van der Waals surface area contributed by atoms with Crippen molar-refractivity contribution in [3.05, 3.63) is 70.8 Å². The number of rotatable bonds is 8. The van der Waals surface area contributed by atoms with Crippen molar-refractivity contribution in [1.29, 1.82) is 0 Å². The van der Waals surface area contributed by atoms with E-state index in [9.17, 15) is 9.59 Å². The largest absolute Gasteiger partial charge is 0.426 e. The van der Waals surface area contributed by atoms with Crippen molar-refractivity contribution in [1.82, 2.24) is 0 Å². The minimum Gasteiger partial charge on any atom is -0.426 e. The summed E-state index contributed by atoms with van der Waals surface area (Å²) in [4.78, 5) is 26.6. The molecule has 0 heterocycles. The van der Waals surface area contributed by atoms with Gasteiger partial charge in [0, 0.05) is 0 Å². The summed E-state index contributed by atoms with van der Waals surface area (Å²) in [6.45, 7) is 8.35. The van der Waals surface area contributed by atoms with Crippen molar-refractivity contribution in [2.45, 2.75) is 59.8 Å². The van der Waals surface area contributed by atoms with Gasteiger partial charge in [0.25, 0.3) is 0 Å². The average molecular weight is 447 g/mol. The van der Waals surface area contributed by atoms with E-state index in [1.165, 1.54) is 0 Å². The number of ether oxygens (including phenoxy) is 2. The second-order valence-electron chi connectivity index (χ2n) is 9.23. The summed E-state index contributed by atoms with van der Waals surface area (Å²) in [5.74, 6) is -0.509. The fourth-order valence-corrected chi connectivity index (χ4v) is 5.22. The highest BCUT2D eigenvalue weighted by Crippen LogP contribution is 2.49. The Kier molecular flexibility index (Phi) is 7.02. The Bertz CT molecular complexity index is 939. The molecule has 2 aromatic carbocycles. The first-order valence-electron chi connectivity index (χ1n) is 12.3. The molecule has 33 heavy (non-hydrogen) atoms. The second kappa shape index (κ2) is 9.94. The zero-order valence-corrected chi connectivity index (χ0v) is 20.1. The van der Waals surface area contributed by atoms with Gasteiger partial charge in [0.2, 0.25) is 0 Å². The SMILES string of the molecule is CCc1cc(CC)cc(OC(=O)C2C3C=CC(C3)C2C(=O)Oc2cc(CC)cc(CC)c2)c1. The summed E-state index contributed by atoms with van der Waals surface area (Å²) in [5, 5.41) is 0. The van der Waals surface area contributed by atoms with Gasteiger partial charge in [0.15, 0.2) is 0 Å². The summed E-state index contributed by atoms with van der Waals surface area (Å²) < 4.78 is 11.7. The Hall–Kier alpha value is -2.88. The van der Waals surface area contributed by atoms with Crippen molar-refractivity contribution in [2.75, 3.05) is 0 Å². The molecule has 0 aromatic heterocycles. The van der Waals surface area contributed by atoms with Crippen LogP contribution in [0.15, 0.2) is 48.6 Å². The molecular weight excluding hydrogens is 412 g/mol. The molecule has 0 amide bonds. The van der Waals surface area contributed by atoms with E-state index in [1.54, 1.807) is 0 Å². The average Bonchev–Trinajstić information content (AvgIpc) is 3.45. The van der Waals surface area contributed by atoms with Crippen LogP contribution in [0.25, 0.3) is 0 Å². The van der Waals surface area contributed by atoms with Crippen LogP contribution in [0.1, 0.15) is 56.4 Å². The molecule has 0 aliphatic heterocycles. The van der Waals surface area contributed by atoms with E-state index in [1.807, 2.05) is 24.3 Å². The second-order valence-corrected chi connectivity index (χ2v) is 9.23. The number of allylic oxidation sites excluding steroid dienone is 2. The summed E-state index contributed by atoms with van der Waals surface area (Å²) in [6.07, 6.45) is 8.42. The maximum absolute atomic E-state index is 13.3. The first-order chi connectivity index (χ1) is 15.9. The van der Waals surface area contributed by atoms with Crippen molar-refractivity contribution in [3.8, 4) is 11.5 Å². The molecule has 0 saturated heterocycles. The molecule has 4 atom stereocenters. The van der Waals surface area contributed by atoms with E-state index in [2.05, 4.69) is 52.0 Å². The number of aryl methyl sites for hydroxylation is 4. The first kappa shape index (κ1) is 23.3. The Morgan fingerprint density at radius 2 is 0.970 bits per heavy atom. The van der Waals surface area contributed by atoms with Gasteiger partial charge in [-0.15, -0.1) is 0 Å². The summed E-state index contributed by atoms with van der Waals surface area (Å²) >= 11 is 0. The summed E-state index contributed by atoms with van der Waals surface area (Å²) in [5.41, 5.74) is 4.57. The molecule has 4 heteroatoms. The van der Waals surface area contributed by atoms with E-state index in [0.717, 1.165) is 54.4 Å². The van der Waals surface area contributed by atoms with E-state index < -0.39 is 11.8 Å². The molecule has 1 fully saturated rings. The number of hydrogen-bond donors (Lipinski definition) is 0. The number of esters is 2. The van der Waals surface area contributed by atoms with Crippen LogP contribution in [0.2, 0.25) is 0 Å². The van der Waals surface area contributed by atoms with Gasteiger partial charge >= 0.3 is 11.9 Å². The van der Waals surface area contributed by atoms with Gasteiger partial charge in [0.1, 0.15) is 11.5 Å². The minimum atomic E-state index is -0.511. The molecule has 4 rings (SSSR count). The highest BCUT2D eigenvalue weighted by atomic mass is 16.5. The monoisotopic (exact) mass is 446 g/mol. The van der Waals surface area contributed by atoms with E-state index in [4.69, 9.17) is 9.47 Å².